The largest absolute Gasteiger partial charge is 0.431 e. The topological polar surface area (TPSA) is 64.7 Å². The van der Waals surface area contributed by atoms with Gasteiger partial charge in [0.2, 0.25) is 5.91 Å². The van der Waals surface area contributed by atoms with Crippen molar-refractivity contribution in [2.45, 2.75) is 19.1 Å². The summed E-state index contributed by atoms with van der Waals surface area (Å²) in [6.45, 7) is -0.124. The van der Waals surface area contributed by atoms with Crippen LogP contribution in [0.5, 0.6) is 0 Å². The van der Waals surface area contributed by atoms with Gasteiger partial charge < -0.3 is 9.88 Å². The van der Waals surface area contributed by atoms with Crippen molar-refractivity contribution in [3.63, 3.8) is 0 Å². The fraction of sp³-hybridized carbons (Fsp3) is 0.267. The van der Waals surface area contributed by atoms with Crippen molar-refractivity contribution in [1.82, 2.24) is 19.3 Å². The van der Waals surface area contributed by atoms with E-state index in [0.29, 0.717) is 11.1 Å². The number of anilines is 1. The summed E-state index contributed by atoms with van der Waals surface area (Å²) >= 11 is 0. The number of aromatic nitrogens is 4. The number of halogens is 3. The number of nitrogens with one attached hydrogen (secondary N) is 1. The van der Waals surface area contributed by atoms with Crippen LogP contribution >= 0.6 is 0 Å². The summed E-state index contributed by atoms with van der Waals surface area (Å²) in [6, 6.07) is 4.17. The highest BCUT2D eigenvalue weighted by atomic mass is 19.4. The predicted molar refractivity (Wildman–Crippen MR) is 81.2 cm³/mol. The molecule has 0 aromatic carbocycles. The zero-order chi connectivity index (χ0) is 17.3. The fourth-order valence-electron chi connectivity index (χ4n) is 2.47. The first-order chi connectivity index (χ1) is 11.3. The number of fused-ring (bicyclic) bond motifs is 1. The normalized spacial score (nSPS) is 11.8. The monoisotopic (exact) mass is 337 g/mol. The molecule has 3 rings (SSSR count). The third-order valence-corrected chi connectivity index (χ3v) is 3.50. The molecule has 3 aromatic heterocycles. The Kier molecular flexibility index (Phi) is 4.00. The lowest BCUT2D eigenvalue weighted by atomic mass is 10.3. The van der Waals surface area contributed by atoms with E-state index in [2.05, 4.69) is 15.4 Å². The van der Waals surface area contributed by atoms with E-state index in [1.807, 2.05) is 0 Å². The van der Waals surface area contributed by atoms with Crippen LogP contribution < -0.4 is 5.32 Å². The Bertz CT molecular complexity index is 881. The molecular formula is C15H14F3N5O. The van der Waals surface area contributed by atoms with E-state index in [9.17, 15) is 18.0 Å². The molecule has 0 unspecified atom stereocenters. The van der Waals surface area contributed by atoms with Crippen molar-refractivity contribution in [3.05, 3.63) is 42.5 Å². The summed E-state index contributed by atoms with van der Waals surface area (Å²) in [6.07, 6.45) is -0.134. The van der Waals surface area contributed by atoms with Gasteiger partial charge in [0.1, 0.15) is 11.3 Å². The molecule has 24 heavy (non-hydrogen) atoms. The van der Waals surface area contributed by atoms with Crippen LogP contribution in [0, 0.1) is 0 Å². The molecule has 0 aliphatic rings. The van der Waals surface area contributed by atoms with Crippen LogP contribution in [-0.4, -0.2) is 25.2 Å². The Morgan fingerprint density at radius 2 is 2.17 bits per heavy atom. The lowest BCUT2D eigenvalue weighted by Crippen LogP contribution is -2.18. The van der Waals surface area contributed by atoms with Crippen molar-refractivity contribution in [3.8, 4) is 0 Å². The maximum absolute atomic E-state index is 13.2. The van der Waals surface area contributed by atoms with Gasteiger partial charge in [-0.3, -0.25) is 9.48 Å². The van der Waals surface area contributed by atoms with Gasteiger partial charge in [0, 0.05) is 37.8 Å². The van der Waals surface area contributed by atoms with Gasteiger partial charge in [-0.1, -0.05) is 0 Å². The van der Waals surface area contributed by atoms with Gasteiger partial charge in [-0.25, -0.2) is 4.98 Å². The second-order valence-corrected chi connectivity index (χ2v) is 5.30. The van der Waals surface area contributed by atoms with Gasteiger partial charge in [-0.2, -0.15) is 18.3 Å². The molecule has 0 radical (unpaired) electrons. The smallest absolute Gasteiger partial charge is 0.323 e. The highest BCUT2D eigenvalue weighted by Gasteiger charge is 2.35. The number of amides is 1. The summed E-state index contributed by atoms with van der Waals surface area (Å²) in [7, 11) is 1.70. The molecule has 0 aliphatic heterocycles. The van der Waals surface area contributed by atoms with Crippen molar-refractivity contribution in [1.29, 1.82) is 0 Å². The number of pyridine rings is 1. The van der Waals surface area contributed by atoms with Crippen LogP contribution in [-0.2, 0) is 24.6 Å². The van der Waals surface area contributed by atoms with E-state index >= 15 is 0 Å². The second kappa shape index (κ2) is 5.99. The van der Waals surface area contributed by atoms with Crippen LogP contribution in [0.25, 0.3) is 11.0 Å². The molecule has 0 saturated carbocycles. The van der Waals surface area contributed by atoms with Crippen molar-refractivity contribution in [2.24, 2.45) is 7.05 Å². The molecule has 3 aromatic rings. The first-order valence-corrected chi connectivity index (χ1v) is 7.14. The van der Waals surface area contributed by atoms with Gasteiger partial charge >= 0.3 is 6.18 Å². The molecule has 0 bridgehead atoms. The highest BCUT2D eigenvalue weighted by Crippen LogP contribution is 2.33. The molecule has 0 saturated heterocycles. The van der Waals surface area contributed by atoms with Crippen LogP contribution in [0.15, 0.2) is 36.8 Å². The third kappa shape index (κ3) is 3.24. The van der Waals surface area contributed by atoms with Gasteiger partial charge in [0.15, 0.2) is 0 Å². The molecule has 1 amide bonds. The van der Waals surface area contributed by atoms with Crippen molar-refractivity contribution in [2.75, 3.05) is 5.32 Å². The average Bonchev–Trinajstić information content (AvgIpc) is 3.08. The zero-order valence-electron chi connectivity index (χ0n) is 12.7. The van der Waals surface area contributed by atoms with E-state index < -0.39 is 17.8 Å². The number of aryl methyl sites for hydroxylation is 2. The molecule has 0 aliphatic carbocycles. The Hall–Kier alpha value is -2.84. The van der Waals surface area contributed by atoms with Gasteiger partial charge in [0.25, 0.3) is 0 Å². The van der Waals surface area contributed by atoms with Crippen molar-refractivity contribution < 1.29 is 18.0 Å². The number of alkyl halides is 3. The second-order valence-electron chi connectivity index (χ2n) is 5.30. The first kappa shape index (κ1) is 16.0. The molecule has 0 spiro atoms. The van der Waals surface area contributed by atoms with Crippen LogP contribution in [0.2, 0.25) is 0 Å². The minimum Gasteiger partial charge on any atom is -0.323 e. The number of carbonyl (C=O) groups is 1. The zero-order valence-corrected chi connectivity index (χ0v) is 12.7. The molecule has 0 atom stereocenters. The van der Waals surface area contributed by atoms with E-state index in [1.165, 1.54) is 17.1 Å². The molecular weight excluding hydrogens is 323 g/mol. The molecule has 1 N–H and O–H groups in total. The Morgan fingerprint density at radius 3 is 2.83 bits per heavy atom. The highest BCUT2D eigenvalue weighted by molar-refractivity contribution is 5.90. The average molecular weight is 337 g/mol. The van der Waals surface area contributed by atoms with Crippen molar-refractivity contribution >= 4 is 22.6 Å². The predicted octanol–water partition coefficient (Wildman–Crippen LogP) is 2.82. The summed E-state index contributed by atoms with van der Waals surface area (Å²) < 4.78 is 42.1. The van der Waals surface area contributed by atoms with E-state index in [-0.39, 0.29) is 18.6 Å². The molecule has 9 heteroatoms. The summed E-state index contributed by atoms with van der Waals surface area (Å²) in [5, 5.41) is 6.89. The summed E-state index contributed by atoms with van der Waals surface area (Å²) in [4.78, 5) is 15.9. The van der Waals surface area contributed by atoms with Crippen LogP contribution in [0.3, 0.4) is 0 Å². The van der Waals surface area contributed by atoms with Gasteiger partial charge in [-0.05, 0) is 18.2 Å². The maximum atomic E-state index is 13.2. The van der Waals surface area contributed by atoms with Crippen LogP contribution in [0.4, 0.5) is 18.9 Å². The molecule has 126 valence electrons. The summed E-state index contributed by atoms with van der Waals surface area (Å²) in [5.74, 6) is -0.395. The number of rotatable bonds is 4. The quantitative estimate of drug-likeness (QED) is 0.796. The third-order valence-electron chi connectivity index (χ3n) is 3.50. The lowest BCUT2D eigenvalue weighted by molar-refractivity contribution is -0.143. The minimum atomic E-state index is -4.51. The molecule has 6 nitrogen and oxygen atoms in total. The Morgan fingerprint density at radius 1 is 1.38 bits per heavy atom. The fourth-order valence-corrected chi connectivity index (χ4v) is 2.47. The standard InChI is InChI=1S/C15H14F3N5O/c1-22-9-11(8-20-22)21-13(24)4-6-23-12(15(16,17)18)7-10-3-2-5-19-14(10)23/h2-3,5,7-9H,4,6H2,1H3,(H,21,24). The van der Waals surface area contributed by atoms with Gasteiger partial charge in [-0.15, -0.1) is 0 Å². The van der Waals surface area contributed by atoms with E-state index in [4.69, 9.17) is 0 Å². The first-order valence-electron chi connectivity index (χ1n) is 7.14. The Balaban J connectivity index is 1.80. The Labute approximate surface area is 134 Å². The lowest BCUT2D eigenvalue weighted by Gasteiger charge is -2.12. The van der Waals surface area contributed by atoms with E-state index in [1.54, 1.807) is 25.4 Å². The molecule has 0 fully saturated rings. The maximum Gasteiger partial charge on any atom is 0.431 e. The number of carbonyl (C=O) groups excluding carboxylic acids is 1. The SMILES string of the molecule is Cn1cc(NC(=O)CCn2c(C(F)(F)F)cc3cccnc32)cn1. The summed E-state index contributed by atoms with van der Waals surface area (Å²) in [5.41, 5.74) is -0.113. The minimum absolute atomic E-state index is 0.113. The van der Waals surface area contributed by atoms with E-state index in [0.717, 1.165) is 10.6 Å². The van der Waals surface area contributed by atoms with Gasteiger partial charge in [0.05, 0.1) is 11.9 Å². The number of nitrogens with zero attached hydrogens (tertiary/aromatic N) is 4. The number of hydrogen-bond donors (Lipinski definition) is 1. The van der Waals surface area contributed by atoms with Crippen LogP contribution in [0.1, 0.15) is 12.1 Å². The molecule has 3 heterocycles. The number of hydrogen-bond acceptors (Lipinski definition) is 3.